The normalized spacial score (nSPS) is 21.6. The van der Waals surface area contributed by atoms with Crippen LogP contribution < -0.4 is 5.32 Å². The molecular formula is C14H15F3N2O3. The van der Waals surface area contributed by atoms with Crippen LogP contribution in [-0.2, 0) is 9.59 Å². The topological polar surface area (TPSA) is 69.6 Å². The summed E-state index contributed by atoms with van der Waals surface area (Å²) in [6, 6.07) is 1.47. The summed E-state index contributed by atoms with van der Waals surface area (Å²) in [6.45, 7) is 2.10. The number of anilines is 1. The minimum Gasteiger partial charge on any atom is -0.391 e. The first-order valence-electron chi connectivity index (χ1n) is 6.73. The molecule has 2 rings (SSSR count). The molecule has 22 heavy (non-hydrogen) atoms. The zero-order valence-electron chi connectivity index (χ0n) is 11.8. The van der Waals surface area contributed by atoms with Crippen molar-refractivity contribution in [3.63, 3.8) is 0 Å². The molecule has 2 N–H and O–H groups in total. The summed E-state index contributed by atoms with van der Waals surface area (Å²) >= 11 is 0. The maximum Gasteiger partial charge on any atom is 0.313 e. The lowest BCUT2D eigenvalue weighted by Crippen LogP contribution is -2.49. The second-order valence-electron chi connectivity index (χ2n) is 5.26. The van der Waals surface area contributed by atoms with Crippen LogP contribution in [0.5, 0.6) is 0 Å². The summed E-state index contributed by atoms with van der Waals surface area (Å²) in [5, 5.41) is 11.6. The number of benzene rings is 1. The second-order valence-corrected chi connectivity index (χ2v) is 5.26. The van der Waals surface area contributed by atoms with E-state index in [9.17, 15) is 27.9 Å². The fourth-order valence-electron chi connectivity index (χ4n) is 2.18. The van der Waals surface area contributed by atoms with Gasteiger partial charge in [-0.25, -0.2) is 13.2 Å². The Kier molecular flexibility index (Phi) is 4.70. The number of β-amino-alcohol motifs (C(OH)–C–C–N with tert-alkyl or cyclic N) is 1. The predicted molar refractivity (Wildman–Crippen MR) is 71.3 cm³/mol. The molecule has 1 aromatic rings. The zero-order chi connectivity index (χ0) is 16.4. The van der Waals surface area contributed by atoms with E-state index in [4.69, 9.17) is 0 Å². The van der Waals surface area contributed by atoms with Crippen LogP contribution in [0, 0.1) is 23.4 Å². The van der Waals surface area contributed by atoms with Gasteiger partial charge >= 0.3 is 11.8 Å². The molecule has 2 atom stereocenters. The zero-order valence-corrected chi connectivity index (χ0v) is 11.8. The van der Waals surface area contributed by atoms with Gasteiger partial charge in [-0.2, -0.15) is 0 Å². The number of aliphatic hydroxyl groups is 1. The highest BCUT2D eigenvalue weighted by Gasteiger charge is 2.31. The average Bonchev–Trinajstić information content (AvgIpc) is 2.49. The number of aliphatic hydroxyl groups excluding tert-OH is 1. The number of piperidine rings is 1. The standard InChI is InChI=1S/C14H15F3N2O3/c1-7-4-5-19(6-10(7)20)14(22)13(21)18-9-3-2-8(15)11(16)12(9)17/h2-3,7,10,20H,4-6H2,1H3,(H,18,21). The number of carbonyl (C=O) groups excluding carboxylic acids is 2. The molecule has 0 aromatic heterocycles. The molecule has 1 saturated heterocycles. The van der Waals surface area contributed by atoms with Gasteiger partial charge in [-0.15, -0.1) is 0 Å². The number of rotatable bonds is 1. The molecule has 1 heterocycles. The Morgan fingerprint density at radius 3 is 2.59 bits per heavy atom. The second kappa shape index (κ2) is 6.35. The van der Waals surface area contributed by atoms with Gasteiger partial charge < -0.3 is 15.3 Å². The van der Waals surface area contributed by atoms with E-state index < -0.39 is 41.1 Å². The molecule has 0 spiro atoms. The van der Waals surface area contributed by atoms with E-state index in [1.807, 2.05) is 12.2 Å². The van der Waals surface area contributed by atoms with Gasteiger partial charge in [0.2, 0.25) is 0 Å². The monoisotopic (exact) mass is 316 g/mol. The van der Waals surface area contributed by atoms with Gasteiger partial charge in [0.1, 0.15) is 0 Å². The molecule has 0 aliphatic carbocycles. The van der Waals surface area contributed by atoms with Gasteiger partial charge in [0.25, 0.3) is 0 Å². The Bertz CT molecular complexity index is 609. The number of halogens is 3. The number of hydrogen-bond acceptors (Lipinski definition) is 3. The van der Waals surface area contributed by atoms with Gasteiger partial charge in [-0.3, -0.25) is 9.59 Å². The van der Waals surface area contributed by atoms with Crippen LogP contribution in [-0.4, -0.2) is 41.0 Å². The highest BCUT2D eigenvalue weighted by molar-refractivity contribution is 6.39. The van der Waals surface area contributed by atoms with Crippen molar-refractivity contribution >= 4 is 17.5 Å². The largest absolute Gasteiger partial charge is 0.391 e. The molecule has 8 heteroatoms. The Labute approximate surface area is 124 Å². The number of carbonyl (C=O) groups is 2. The highest BCUT2D eigenvalue weighted by atomic mass is 19.2. The Morgan fingerprint density at radius 1 is 1.27 bits per heavy atom. The summed E-state index contributed by atoms with van der Waals surface area (Å²) in [7, 11) is 0. The molecule has 0 bridgehead atoms. The van der Waals surface area contributed by atoms with Crippen LogP contribution in [0.25, 0.3) is 0 Å². The van der Waals surface area contributed by atoms with Crippen LogP contribution in [0.4, 0.5) is 18.9 Å². The molecule has 0 saturated carbocycles. The fourth-order valence-corrected chi connectivity index (χ4v) is 2.18. The molecule has 2 unspecified atom stereocenters. The average molecular weight is 316 g/mol. The lowest BCUT2D eigenvalue weighted by atomic mass is 9.96. The van der Waals surface area contributed by atoms with E-state index in [-0.39, 0.29) is 19.0 Å². The molecule has 1 aromatic carbocycles. The smallest absolute Gasteiger partial charge is 0.313 e. The first-order chi connectivity index (χ1) is 10.3. The molecule has 5 nitrogen and oxygen atoms in total. The lowest BCUT2D eigenvalue weighted by molar-refractivity contribution is -0.146. The maximum absolute atomic E-state index is 13.4. The third kappa shape index (κ3) is 3.22. The first-order valence-corrected chi connectivity index (χ1v) is 6.73. The van der Waals surface area contributed by atoms with Crippen molar-refractivity contribution < 1.29 is 27.9 Å². The van der Waals surface area contributed by atoms with Crippen molar-refractivity contribution in [2.75, 3.05) is 18.4 Å². The highest BCUT2D eigenvalue weighted by Crippen LogP contribution is 2.20. The first kappa shape index (κ1) is 16.3. The van der Waals surface area contributed by atoms with Crippen LogP contribution >= 0.6 is 0 Å². The summed E-state index contributed by atoms with van der Waals surface area (Å²) in [4.78, 5) is 24.8. The van der Waals surface area contributed by atoms with Gasteiger partial charge in [-0.05, 0) is 24.5 Å². The van der Waals surface area contributed by atoms with Crippen molar-refractivity contribution in [1.82, 2.24) is 4.90 Å². The lowest BCUT2D eigenvalue weighted by Gasteiger charge is -2.33. The van der Waals surface area contributed by atoms with Gasteiger partial charge in [0.05, 0.1) is 11.8 Å². The molecular weight excluding hydrogens is 301 g/mol. The molecule has 0 radical (unpaired) electrons. The molecule has 2 amide bonds. The summed E-state index contributed by atoms with van der Waals surface area (Å²) in [5.41, 5.74) is -0.622. The van der Waals surface area contributed by atoms with Crippen LogP contribution in [0.3, 0.4) is 0 Å². The van der Waals surface area contributed by atoms with Crippen LogP contribution in [0.2, 0.25) is 0 Å². The summed E-state index contributed by atoms with van der Waals surface area (Å²) < 4.78 is 39.3. The maximum atomic E-state index is 13.4. The van der Waals surface area contributed by atoms with Crippen LogP contribution in [0.1, 0.15) is 13.3 Å². The van der Waals surface area contributed by atoms with Crippen molar-refractivity contribution in [2.24, 2.45) is 5.92 Å². The third-order valence-corrected chi connectivity index (χ3v) is 3.68. The van der Waals surface area contributed by atoms with E-state index in [0.29, 0.717) is 12.5 Å². The predicted octanol–water partition coefficient (Wildman–Crippen LogP) is 1.27. The number of hydrogen-bond donors (Lipinski definition) is 2. The van der Waals surface area contributed by atoms with Crippen molar-refractivity contribution in [3.05, 3.63) is 29.6 Å². The Morgan fingerprint density at radius 2 is 1.95 bits per heavy atom. The van der Waals surface area contributed by atoms with E-state index >= 15 is 0 Å². The quantitative estimate of drug-likeness (QED) is 0.605. The minimum absolute atomic E-state index is 0.00627. The van der Waals surface area contributed by atoms with E-state index in [1.165, 1.54) is 0 Å². The van der Waals surface area contributed by atoms with E-state index in [1.54, 1.807) is 0 Å². The van der Waals surface area contributed by atoms with Gasteiger partial charge in [0.15, 0.2) is 17.5 Å². The SMILES string of the molecule is CC1CCN(C(=O)C(=O)Nc2ccc(F)c(F)c2F)CC1O. The summed E-state index contributed by atoms with van der Waals surface area (Å²) in [6.07, 6.45) is -0.217. The van der Waals surface area contributed by atoms with Gasteiger partial charge in [0, 0.05) is 13.1 Å². The molecule has 120 valence electrons. The van der Waals surface area contributed by atoms with E-state index in [2.05, 4.69) is 0 Å². The number of amides is 2. The third-order valence-electron chi connectivity index (χ3n) is 3.68. The van der Waals surface area contributed by atoms with Crippen molar-refractivity contribution in [1.29, 1.82) is 0 Å². The van der Waals surface area contributed by atoms with E-state index in [0.717, 1.165) is 11.0 Å². The van der Waals surface area contributed by atoms with Crippen molar-refractivity contribution in [2.45, 2.75) is 19.4 Å². The summed E-state index contributed by atoms with van der Waals surface area (Å²) in [5.74, 6) is -6.83. The van der Waals surface area contributed by atoms with Crippen LogP contribution in [0.15, 0.2) is 12.1 Å². The number of likely N-dealkylation sites (tertiary alicyclic amines) is 1. The number of nitrogens with zero attached hydrogens (tertiary/aromatic N) is 1. The minimum atomic E-state index is -1.73. The van der Waals surface area contributed by atoms with Crippen molar-refractivity contribution in [3.8, 4) is 0 Å². The van der Waals surface area contributed by atoms with Gasteiger partial charge in [-0.1, -0.05) is 6.92 Å². The molecule has 1 aliphatic rings. The Hall–Kier alpha value is -2.09. The molecule has 1 fully saturated rings. The fraction of sp³-hybridized carbons (Fsp3) is 0.429. The Balaban J connectivity index is 2.06. The molecule has 1 aliphatic heterocycles. The number of nitrogens with one attached hydrogen (secondary N) is 1.